The molecule has 3 aromatic carbocycles. The zero-order valence-electron chi connectivity index (χ0n) is 18.9. The molecule has 8 nitrogen and oxygen atoms in total. The summed E-state index contributed by atoms with van der Waals surface area (Å²) in [5.41, 5.74) is 1.40. The Hall–Kier alpha value is -3.72. The van der Waals surface area contributed by atoms with Crippen LogP contribution in [0.25, 0.3) is 0 Å². The van der Waals surface area contributed by atoms with Crippen molar-refractivity contribution >= 4 is 69.6 Å². The van der Waals surface area contributed by atoms with Crippen LogP contribution in [-0.2, 0) is 9.59 Å². The molecule has 184 valence electrons. The van der Waals surface area contributed by atoms with Crippen LogP contribution in [0.2, 0.25) is 10.0 Å². The number of hydrogen-bond donors (Lipinski definition) is 2. The van der Waals surface area contributed by atoms with Crippen LogP contribution in [0, 0.1) is 0 Å². The summed E-state index contributed by atoms with van der Waals surface area (Å²) in [5.74, 6) is -0.701. The fourth-order valence-electron chi connectivity index (χ4n) is 3.42. The molecule has 0 unspecified atom stereocenters. The summed E-state index contributed by atoms with van der Waals surface area (Å²) < 4.78 is 10.5. The van der Waals surface area contributed by atoms with Gasteiger partial charge in [-0.25, -0.2) is 4.90 Å². The molecule has 0 saturated heterocycles. The molecule has 0 bridgehead atoms. The first kappa shape index (κ1) is 25.4. The Morgan fingerprint density at radius 1 is 0.833 bits per heavy atom. The Morgan fingerprint density at radius 3 is 2.19 bits per heavy atom. The molecule has 0 saturated carbocycles. The number of benzene rings is 3. The van der Waals surface area contributed by atoms with Crippen LogP contribution >= 0.6 is 34.8 Å². The molecule has 11 heteroatoms. The van der Waals surface area contributed by atoms with Crippen molar-refractivity contribution < 1.29 is 23.9 Å². The number of nitrogens with zero attached hydrogens (tertiary/aromatic N) is 1. The standard InChI is InChI=1S/C25H18Cl3N3O5/c1-35-16-8-10-19(20(12-16)36-2)30-23(32)13-3-5-14(6-4-13)29-22-21(28)24(33)31(25(22)34)15-7-9-17(26)18(27)11-15/h3-12,29H,1-2H3,(H,30,32). The molecule has 3 amide bonds. The number of nitrogens with one attached hydrogen (secondary N) is 2. The number of carbonyl (C=O) groups excluding carboxylic acids is 3. The van der Waals surface area contributed by atoms with E-state index in [4.69, 9.17) is 44.3 Å². The molecule has 36 heavy (non-hydrogen) atoms. The number of imide groups is 1. The van der Waals surface area contributed by atoms with Gasteiger partial charge >= 0.3 is 0 Å². The van der Waals surface area contributed by atoms with Gasteiger partial charge in [0.25, 0.3) is 17.7 Å². The van der Waals surface area contributed by atoms with Gasteiger partial charge in [-0.05, 0) is 54.6 Å². The molecular formula is C25H18Cl3N3O5. The first-order valence-electron chi connectivity index (χ1n) is 10.4. The molecule has 0 spiro atoms. The predicted molar refractivity (Wildman–Crippen MR) is 139 cm³/mol. The van der Waals surface area contributed by atoms with Crippen molar-refractivity contribution in [1.29, 1.82) is 0 Å². The molecule has 2 N–H and O–H groups in total. The molecule has 4 rings (SSSR count). The highest BCUT2D eigenvalue weighted by molar-refractivity contribution is 6.53. The second-order valence-electron chi connectivity index (χ2n) is 7.46. The number of hydrogen-bond acceptors (Lipinski definition) is 6. The minimum atomic E-state index is -0.702. The van der Waals surface area contributed by atoms with Crippen LogP contribution in [-0.4, -0.2) is 31.9 Å². The first-order chi connectivity index (χ1) is 17.2. The average molecular weight is 547 g/mol. The lowest BCUT2D eigenvalue weighted by Gasteiger charge is -2.16. The third-order valence-electron chi connectivity index (χ3n) is 5.26. The summed E-state index contributed by atoms with van der Waals surface area (Å²) >= 11 is 18.1. The molecule has 1 heterocycles. The SMILES string of the molecule is COc1ccc(NC(=O)c2ccc(NC3=C(Cl)C(=O)N(c4ccc(Cl)c(Cl)c4)C3=O)cc2)c(OC)c1. The van der Waals surface area contributed by atoms with Gasteiger partial charge in [0.1, 0.15) is 22.2 Å². The van der Waals surface area contributed by atoms with E-state index >= 15 is 0 Å². The van der Waals surface area contributed by atoms with Crippen LogP contribution in [0.4, 0.5) is 17.1 Å². The summed E-state index contributed by atoms with van der Waals surface area (Å²) in [7, 11) is 3.02. The smallest absolute Gasteiger partial charge is 0.283 e. The summed E-state index contributed by atoms with van der Waals surface area (Å²) in [6.45, 7) is 0. The maximum absolute atomic E-state index is 13.0. The van der Waals surface area contributed by atoms with Crippen LogP contribution in [0.5, 0.6) is 11.5 Å². The zero-order chi connectivity index (χ0) is 26.0. The van der Waals surface area contributed by atoms with Crippen molar-refractivity contribution in [3.8, 4) is 11.5 Å². The third kappa shape index (κ3) is 4.97. The number of ether oxygens (including phenoxy) is 2. The van der Waals surface area contributed by atoms with E-state index in [1.165, 1.54) is 32.4 Å². The predicted octanol–water partition coefficient (Wildman–Crippen LogP) is 5.70. The van der Waals surface area contributed by atoms with Crippen molar-refractivity contribution in [1.82, 2.24) is 0 Å². The van der Waals surface area contributed by atoms with Gasteiger partial charge in [-0.3, -0.25) is 14.4 Å². The molecule has 0 aromatic heterocycles. The van der Waals surface area contributed by atoms with E-state index in [0.717, 1.165) is 4.90 Å². The summed E-state index contributed by atoms with van der Waals surface area (Å²) in [6, 6.07) is 15.7. The summed E-state index contributed by atoms with van der Waals surface area (Å²) in [6.07, 6.45) is 0. The monoisotopic (exact) mass is 545 g/mol. The number of amides is 3. The van der Waals surface area contributed by atoms with Crippen molar-refractivity contribution in [2.24, 2.45) is 0 Å². The Morgan fingerprint density at radius 2 is 1.56 bits per heavy atom. The lowest BCUT2D eigenvalue weighted by molar-refractivity contribution is -0.120. The second-order valence-corrected chi connectivity index (χ2v) is 8.65. The highest BCUT2D eigenvalue weighted by Gasteiger charge is 2.39. The number of carbonyl (C=O) groups is 3. The minimum Gasteiger partial charge on any atom is -0.497 e. The highest BCUT2D eigenvalue weighted by atomic mass is 35.5. The number of rotatable bonds is 7. The maximum Gasteiger partial charge on any atom is 0.283 e. The van der Waals surface area contributed by atoms with Gasteiger partial charge in [0.05, 0.1) is 35.6 Å². The Balaban J connectivity index is 1.48. The van der Waals surface area contributed by atoms with Crippen LogP contribution in [0.15, 0.2) is 71.4 Å². The number of methoxy groups -OCH3 is 2. The largest absolute Gasteiger partial charge is 0.497 e. The fraction of sp³-hybridized carbons (Fsp3) is 0.0800. The van der Waals surface area contributed by atoms with Gasteiger partial charge in [-0.2, -0.15) is 0 Å². The highest BCUT2D eigenvalue weighted by Crippen LogP contribution is 2.34. The maximum atomic E-state index is 13.0. The quantitative estimate of drug-likeness (QED) is 0.369. The summed E-state index contributed by atoms with van der Waals surface area (Å²) in [5, 5.41) is 5.83. The molecule has 1 aliphatic rings. The summed E-state index contributed by atoms with van der Waals surface area (Å²) in [4.78, 5) is 39.2. The molecular weight excluding hydrogens is 529 g/mol. The van der Waals surface area contributed by atoms with E-state index in [9.17, 15) is 14.4 Å². The van der Waals surface area contributed by atoms with Gasteiger partial charge in [0.15, 0.2) is 0 Å². The molecule has 0 aliphatic carbocycles. The van der Waals surface area contributed by atoms with E-state index in [1.54, 1.807) is 42.5 Å². The molecule has 1 aliphatic heterocycles. The fourth-order valence-corrected chi connectivity index (χ4v) is 3.92. The molecule has 3 aromatic rings. The van der Waals surface area contributed by atoms with E-state index in [1.807, 2.05) is 0 Å². The van der Waals surface area contributed by atoms with Gasteiger partial charge < -0.3 is 20.1 Å². The van der Waals surface area contributed by atoms with Gasteiger partial charge in [0.2, 0.25) is 0 Å². The van der Waals surface area contributed by atoms with Crippen LogP contribution in [0.3, 0.4) is 0 Å². The van der Waals surface area contributed by atoms with Crippen molar-refractivity contribution in [2.45, 2.75) is 0 Å². The Labute approximate surface area is 221 Å². The van der Waals surface area contributed by atoms with E-state index in [2.05, 4.69) is 10.6 Å². The van der Waals surface area contributed by atoms with Crippen molar-refractivity contribution in [2.75, 3.05) is 29.8 Å². The van der Waals surface area contributed by atoms with Gasteiger partial charge in [-0.15, -0.1) is 0 Å². The lowest BCUT2D eigenvalue weighted by atomic mass is 10.1. The van der Waals surface area contributed by atoms with E-state index < -0.39 is 11.8 Å². The van der Waals surface area contributed by atoms with Gasteiger partial charge in [0, 0.05) is 17.3 Å². The van der Waals surface area contributed by atoms with Crippen LogP contribution in [0.1, 0.15) is 10.4 Å². The molecule has 0 radical (unpaired) electrons. The van der Waals surface area contributed by atoms with Crippen molar-refractivity contribution in [3.05, 3.63) is 87.0 Å². The van der Waals surface area contributed by atoms with E-state index in [-0.39, 0.29) is 32.4 Å². The normalized spacial score (nSPS) is 13.2. The molecule has 0 atom stereocenters. The average Bonchev–Trinajstić information content (AvgIpc) is 3.09. The topological polar surface area (TPSA) is 97.0 Å². The minimum absolute atomic E-state index is 0.104. The first-order valence-corrected chi connectivity index (χ1v) is 11.5. The Bertz CT molecular complexity index is 1410. The Kier molecular flexibility index (Phi) is 7.40. The van der Waals surface area contributed by atoms with E-state index in [0.29, 0.717) is 28.4 Å². The lowest BCUT2D eigenvalue weighted by Crippen LogP contribution is -2.32. The van der Waals surface area contributed by atoms with Crippen LogP contribution < -0.4 is 25.0 Å². The second kappa shape index (κ2) is 10.5. The van der Waals surface area contributed by atoms with Crippen molar-refractivity contribution in [3.63, 3.8) is 0 Å². The number of halogens is 3. The zero-order valence-corrected chi connectivity index (χ0v) is 21.2. The van der Waals surface area contributed by atoms with Gasteiger partial charge in [-0.1, -0.05) is 34.8 Å². The molecule has 0 fully saturated rings. The third-order valence-corrected chi connectivity index (χ3v) is 6.35. The number of anilines is 3.